The maximum Gasteiger partial charge on any atom is 0.419 e. The van der Waals surface area contributed by atoms with Crippen molar-refractivity contribution in [2.24, 2.45) is 12.8 Å². The van der Waals surface area contributed by atoms with Gasteiger partial charge in [0.1, 0.15) is 5.82 Å². The third-order valence-electron chi connectivity index (χ3n) is 3.48. The lowest BCUT2D eigenvalue weighted by Gasteiger charge is -2.13. The van der Waals surface area contributed by atoms with E-state index in [-0.39, 0.29) is 5.02 Å². The van der Waals surface area contributed by atoms with E-state index in [2.05, 4.69) is 0 Å². The van der Waals surface area contributed by atoms with E-state index in [4.69, 9.17) is 21.8 Å². The standard InChI is InChI=1S/C15H12ClFN2O2/c1-19-12-5-3-9(7-13(12)21-15(19)20)14(18)8-2-4-11(17)10(16)6-8/h2-7,14H,18H2,1H3. The molecule has 6 heteroatoms. The first kappa shape index (κ1) is 13.9. The lowest BCUT2D eigenvalue weighted by Crippen LogP contribution is -2.12. The van der Waals surface area contributed by atoms with Crippen LogP contribution in [0.15, 0.2) is 45.6 Å². The Kier molecular flexibility index (Phi) is 3.31. The molecule has 2 aromatic carbocycles. The molecule has 1 atom stereocenters. The normalized spacial score (nSPS) is 12.8. The summed E-state index contributed by atoms with van der Waals surface area (Å²) in [6.45, 7) is 0. The van der Waals surface area contributed by atoms with Crippen LogP contribution in [0.5, 0.6) is 0 Å². The largest absolute Gasteiger partial charge is 0.419 e. The summed E-state index contributed by atoms with van der Waals surface area (Å²) in [4.78, 5) is 11.5. The molecular formula is C15H12ClFN2O2. The van der Waals surface area contributed by atoms with E-state index in [0.717, 1.165) is 5.56 Å². The van der Waals surface area contributed by atoms with Crippen molar-refractivity contribution in [3.63, 3.8) is 0 Å². The third-order valence-corrected chi connectivity index (χ3v) is 3.77. The van der Waals surface area contributed by atoms with Crippen LogP contribution in [0.4, 0.5) is 4.39 Å². The van der Waals surface area contributed by atoms with Crippen LogP contribution in [-0.2, 0) is 7.05 Å². The van der Waals surface area contributed by atoms with Gasteiger partial charge in [0.2, 0.25) is 0 Å². The number of benzene rings is 2. The molecule has 0 saturated carbocycles. The summed E-state index contributed by atoms with van der Waals surface area (Å²) in [6, 6.07) is 9.14. The molecule has 0 aliphatic heterocycles. The minimum atomic E-state index is -0.489. The summed E-state index contributed by atoms with van der Waals surface area (Å²) >= 11 is 5.77. The zero-order valence-corrected chi connectivity index (χ0v) is 11.9. The lowest BCUT2D eigenvalue weighted by atomic mass is 9.99. The van der Waals surface area contributed by atoms with Crippen LogP contribution in [0.3, 0.4) is 0 Å². The van der Waals surface area contributed by atoms with Crippen LogP contribution in [0.2, 0.25) is 5.02 Å². The second kappa shape index (κ2) is 5.02. The summed E-state index contributed by atoms with van der Waals surface area (Å²) in [5, 5.41) is 0.0234. The fourth-order valence-corrected chi connectivity index (χ4v) is 2.43. The molecule has 0 radical (unpaired) electrons. The van der Waals surface area contributed by atoms with Crippen LogP contribution >= 0.6 is 11.6 Å². The molecule has 21 heavy (non-hydrogen) atoms. The molecule has 2 N–H and O–H groups in total. The molecule has 0 spiro atoms. The van der Waals surface area contributed by atoms with Gasteiger partial charge in [0, 0.05) is 7.05 Å². The van der Waals surface area contributed by atoms with Crippen LogP contribution in [0, 0.1) is 5.82 Å². The number of oxazole rings is 1. The predicted molar refractivity (Wildman–Crippen MR) is 78.9 cm³/mol. The van der Waals surface area contributed by atoms with E-state index < -0.39 is 17.6 Å². The first-order chi connectivity index (χ1) is 9.97. The van der Waals surface area contributed by atoms with Gasteiger partial charge in [-0.3, -0.25) is 4.57 Å². The highest BCUT2D eigenvalue weighted by atomic mass is 35.5. The quantitative estimate of drug-likeness (QED) is 0.792. The molecule has 3 aromatic rings. The highest BCUT2D eigenvalue weighted by Gasteiger charge is 2.14. The molecule has 0 fully saturated rings. The molecule has 3 rings (SSSR count). The zero-order valence-electron chi connectivity index (χ0n) is 11.1. The Bertz CT molecular complexity index is 885. The van der Waals surface area contributed by atoms with Gasteiger partial charge in [-0.25, -0.2) is 9.18 Å². The van der Waals surface area contributed by atoms with Crippen molar-refractivity contribution in [3.8, 4) is 0 Å². The van der Waals surface area contributed by atoms with Crippen molar-refractivity contribution in [1.82, 2.24) is 4.57 Å². The number of fused-ring (bicyclic) bond motifs is 1. The molecule has 0 amide bonds. The Morgan fingerprint density at radius 2 is 1.90 bits per heavy atom. The number of hydrogen-bond acceptors (Lipinski definition) is 3. The predicted octanol–water partition coefficient (Wildman–Crippen LogP) is 2.97. The highest BCUT2D eigenvalue weighted by molar-refractivity contribution is 6.30. The van der Waals surface area contributed by atoms with Gasteiger partial charge in [0.15, 0.2) is 5.58 Å². The van der Waals surface area contributed by atoms with Gasteiger partial charge in [0.25, 0.3) is 0 Å². The maximum atomic E-state index is 13.2. The zero-order chi connectivity index (χ0) is 15.1. The third kappa shape index (κ3) is 2.34. The van der Waals surface area contributed by atoms with Crippen LogP contribution in [-0.4, -0.2) is 4.57 Å². The lowest BCUT2D eigenvalue weighted by molar-refractivity contribution is 0.527. The number of nitrogens with zero attached hydrogens (tertiary/aromatic N) is 1. The van der Waals surface area contributed by atoms with E-state index in [0.29, 0.717) is 16.7 Å². The molecular weight excluding hydrogens is 295 g/mol. The van der Waals surface area contributed by atoms with Crippen molar-refractivity contribution in [2.45, 2.75) is 6.04 Å². The highest BCUT2D eigenvalue weighted by Crippen LogP contribution is 2.26. The summed E-state index contributed by atoms with van der Waals surface area (Å²) in [5.41, 5.74) is 8.74. The SMILES string of the molecule is Cn1c(=O)oc2cc(C(N)c3ccc(F)c(Cl)c3)ccc21. The number of hydrogen-bond donors (Lipinski definition) is 1. The minimum Gasteiger partial charge on any atom is -0.408 e. The summed E-state index contributed by atoms with van der Waals surface area (Å²) in [6.07, 6.45) is 0. The van der Waals surface area contributed by atoms with Gasteiger partial charge < -0.3 is 10.2 Å². The fourth-order valence-electron chi connectivity index (χ4n) is 2.24. The van der Waals surface area contributed by atoms with Gasteiger partial charge in [-0.15, -0.1) is 0 Å². The first-order valence-corrected chi connectivity index (χ1v) is 6.65. The number of aromatic nitrogens is 1. The second-order valence-corrected chi connectivity index (χ2v) is 5.21. The average Bonchev–Trinajstić information content (AvgIpc) is 2.76. The van der Waals surface area contributed by atoms with Gasteiger partial charge in [-0.2, -0.15) is 0 Å². The number of halogens is 2. The molecule has 0 saturated heterocycles. The Morgan fingerprint density at radius 3 is 2.62 bits per heavy atom. The number of aryl methyl sites for hydroxylation is 1. The summed E-state index contributed by atoms with van der Waals surface area (Å²) in [7, 11) is 1.63. The van der Waals surface area contributed by atoms with Gasteiger partial charge >= 0.3 is 5.76 Å². The average molecular weight is 307 g/mol. The van der Waals surface area contributed by atoms with Crippen molar-refractivity contribution in [2.75, 3.05) is 0 Å². The molecule has 1 unspecified atom stereocenters. The Labute approximate surface area is 124 Å². The van der Waals surface area contributed by atoms with Gasteiger partial charge in [-0.05, 0) is 35.4 Å². The monoisotopic (exact) mass is 306 g/mol. The van der Waals surface area contributed by atoms with Crippen LogP contribution < -0.4 is 11.5 Å². The van der Waals surface area contributed by atoms with Crippen LogP contribution in [0.1, 0.15) is 17.2 Å². The Hall–Kier alpha value is -2.11. The molecule has 1 heterocycles. The van der Waals surface area contributed by atoms with E-state index in [1.165, 1.54) is 16.7 Å². The number of nitrogens with two attached hydrogens (primary N) is 1. The first-order valence-electron chi connectivity index (χ1n) is 6.27. The van der Waals surface area contributed by atoms with Crippen molar-refractivity contribution in [1.29, 1.82) is 0 Å². The molecule has 0 aliphatic rings. The molecule has 0 bridgehead atoms. The Morgan fingerprint density at radius 1 is 1.24 bits per heavy atom. The minimum absolute atomic E-state index is 0.0234. The molecule has 108 valence electrons. The van der Waals surface area contributed by atoms with Crippen molar-refractivity contribution in [3.05, 3.63) is 68.9 Å². The molecule has 1 aromatic heterocycles. The Balaban J connectivity index is 2.06. The fraction of sp³-hybridized carbons (Fsp3) is 0.133. The maximum absolute atomic E-state index is 13.2. The van der Waals surface area contributed by atoms with E-state index in [1.807, 2.05) is 0 Å². The van der Waals surface area contributed by atoms with E-state index in [1.54, 1.807) is 31.3 Å². The van der Waals surface area contributed by atoms with Crippen molar-refractivity contribution < 1.29 is 8.81 Å². The topological polar surface area (TPSA) is 61.2 Å². The van der Waals surface area contributed by atoms with Crippen molar-refractivity contribution >= 4 is 22.7 Å². The van der Waals surface area contributed by atoms with E-state index in [9.17, 15) is 9.18 Å². The summed E-state index contributed by atoms with van der Waals surface area (Å²) < 4.78 is 19.7. The smallest absolute Gasteiger partial charge is 0.408 e. The van der Waals surface area contributed by atoms with Crippen LogP contribution in [0.25, 0.3) is 11.1 Å². The summed E-state index contributed by atoms with van der Waals surface area (Å²) in [5.74, 6) is -0.919. The van der Waals surface area contributed by atoms with Gasteiger partial charge in [-0.1, -0.05) is 23.7 Å². The molecule has 4 nitrogen and oxygen atoms in total. The second-order valence-electron chi connectivity index (χ2n) is 4.81. The number of rotatable bonds is 2. The van der Waals surface area contributed by atoms with Gasteiger partial charge in [0.05, 0.1) is 16.6 Å². The van der Waals surface area contributed by atoms with E-state index >= 15 is 0 Å². The molecule has 0 aliphatic carbocycles.